The van der Waals surface area contributed by atoms with Crippen LogP contribution in [0.25, 0.3) is 0 Å². The van der Waals surface area contributed by atoms with Crippen molar-refractivity contribution in [1.82, 2.24) is 4.90 Å². The molecule has 2 atom stereocenters. The van der Waals surface area contributed by atoms with E-state index in [1.54, 1.807) is 17.9 Å². The molecule has 6 nitrogen and oxygen atoms in total. The number of ether oxygens (including phenoxy) is 1. The van der Waals surface area contributed by atoms with Gasteiger partial charge in [0.1, 0.15) is 0 Å². The van der Waals surface area contributed by atoms with Gasteiger partial charge in [0.25, 0.3) is 11.6 Å². The molecule has 114 valence electrons. The highest BCUT2D eigenvalue weighted by atomic mass is 35.5. The Bertz CT molecular complexity index is 564. The molecule has 1 heterocycles. The quantitative estimate of drug-likeness (QED) is 0.488. The van der Waals surface area contributed by atoms with Crippen LogP contribution < -0.4 is 0 Å². The topological polar surface area (TPSA) is 72.7 Å². The van der Waals surface area contributed by atoms with Gasteiger partial charge in [-0.2, -0.15) is 0 Å². The molecule has 0 aromatic heterocycles. The lowest BCUT2D eigenvalue weighted by Crippen LogP contribution is -2.51. The summed E-state index contributed by atoms with van der Waals surface area (Å²) in [7, 11) is 0. The van der Waals surface area contributed by atoms with Crippen LogP contribution in [0.4, 0.5) is 5.69 Å². The summed E-state index contributed by atoms with van der Waals surface area (Å²) in [5.41, 5.74) is 0.932. The Balaban J connectivity index is 2.22. The molecular formula is C14H17ClN2O4. The third kappa shape index (κ3) is 3.33. The number of nitrogens with zero attached hydrogens (tertiary/aromatic N) is 2. The number of nitro benzene ring substituents is 1. The first-order valence-electron chi connectivity index (χ1n) is 6.67. The van der Waals surface area contributed by atoms with E-state index in [1.807, 2.05) is 6.92 Å². The molecule has 0 bridgehead atoms. The molecule has 1 aromatic carbocycles. The molecule has 1 aromatic rings. The van der Waals surface area contributed by atoms with E-state index < -0.39 is 4.92 Å². The lowest BCUT2D eigenvalue weighted by molar-refractivity contribution is -0.385. The summed E-state index contributed by atoms with van der Waals surface area (Å²) in [6.45, 7) is 4.40. The molecule has 1 saturated heterocycles. The molecule has 1 fully saturated rings. The molecule has 7 heteroatoms. The molecule has 21 heavy (non-hydrogen) atoms. The molecule has 0 N–H and O–H groups in total. The van der Waals surface area contributed by atoms with Gasteiger partial charge in [-0.3, -0.25) is 14.9 Å². The number of nitro groups is 1. The molecule has 0 aliphatic carbocycles. The maximum Gasteiger partial charge on any atom is 0.272 e. The summed E-state index contributed by atoms with van der Waals surface area (Å²) in [6, 6.07) is 4.36. The molecule has 0 radical (unpaired) electrons. The molecule has 2 unspecified atom stereocenters. The first-order chi connectivity index (χ1) is 9.93. The molecule has 1 aliphatic rings. The highest BCUT2D eigenvalue weighted by molar-refractivity contribution is 6.18. The molecular weight excluding hydrogens is 296 g/mol. The number of alkyl halides is 1. The van der Waals surface area contributed by atoms with Crippen molar-refractivity contribution >= 4 is 23.2 Å². The third-order valence-corrected chi connectivity index (χ3v) is 3.92. The van der Waals surface area contributed by atoms with Gasteiger partial charge in [0.05, 0.1) is 29.6 Å². The molecule has 1 aliphatic heterocycles. The van der Waals surface area contributed by atoms with Crippen LogP contribution in [0.2, 0.25) is 0 Å². The smallest absolute Gasteiger partial charge is 0.272 e. The van der Waals surface area contributed by atoms with Crippen LogP contribution in [-0.2, 0) is 4.74 Å². The number of carbonyl (C=O) groups excluding carboxylic acids is 1. The third-order valence-electron chi connectivity index (χ3n) is 3.58. The zero-order chi connectivity index (χ0) is 15.6. The molecule has 1 amide bonds. The van der Waals surface area contributed by atoms with Crippen molar-refractivity contribution in [1.29, 1.82) is 0 Å². The number of rotatable bonds is 3. The number of benzene rings is 1. The largest absolute Gasteiger partial charge is 0.373 e. The van der Waals surface area contributed by atoms with Crippen LogP contribution in [0.3, 0.4) is 0 Å². The van der Waals surface area contributed by atoms with Crippen molar-refractivity contribution in [3.05, 3.63) is 39.4 Å². The van der Waals surface area contributed by atoms with Gasteiger partial charge in [0.15, 0.2) is 0 Å². The zero-order valence-corrected chi connectivity index (χ0v) is 12.7. The van der Waals surface area contributed by atoms with Gasteiger partial charge in [-0.05, 0) is 26.0 Å². The van der Waals surface area contributed by atoms with E-state index in [9.17, 15) is 14.9 Å². The van der Waals surface area contributed by atoms with Crippen molar-refractivity contribution in [3.63, 3.8) is 0 Å². The van der Waals surface area contributed by atoms with Crippen LogP contribution in [0.5, 0.6) is 0 Å². The SMILES string of the molecule is Cc1cc(C(=O)N2CC(CCl)OCC2C)ccc1[N+](=O)[O-]. The van der Waals surface area contributed by atoms with Gasteiger partial charge in [0, 0.05) is 23.7 Å². The molecule has 2 rings (SSSR count). The van der Waals surface area contributed by atoms with Crippen LogP contribution >= 0.6 is 11.6 Å². The fourth-order valence-corrected chi connectivity index (χ4v) is 2.54. The van der Waals surface area contributed by atoms with E-state index in [0.717, 1.165) is 0 Å². The number of halogens is 1. The second-order valence-corrected chi connectivity index (χ2v) is 5.48. The Morgan fingerprint density at radius 3 is 2.86 bits per heavy atom. The lowest BCUT2D eigenvalue weighted by atomic mass is 10.1. The maximum atomic E-state index is 12.6. The monoisotopic (exact) mass is 312 g/mol. The van der Waals surface area contributed by atoms with Gasteiger partial charge in [-0.25, -0.2) is 0 Å². The molecule has 0 spiro atoms. The Morgan fingerprint density at radius 1 is 1.57 bits per heavy atom. The van der Waals surface area contributed by atoms with Crippen molar-refractivity contribution in [3.8, 4) is 0 Å². The van der Waals surface area contributed by atoms with Crippen molar-refractivity contribution in [2.45, 2.75) is 26.0 Å². The van der Waals surface area contributed by atoms with E-state index in [4.69, 9.17) is 16.3 Å². The maximum absolute atomic E-state index is 12.6. The van der Waals surface area contributed by atoms with Crippen LogP contribution in [0, 0.1) is 17.0 Å². The minimum Gasteiger partial charge on any atom is -0.373 e. The van der Waals surface area contributed by atoms with Gasteiger partial charge >= 0.3 is 0 Å². The van der Waals surface area contributed by atoms with E-state index in [-0.39, 0.29) is 23.7 Å². The number of hydrogen-bond acceptors (Lipinski definition) is 4. The zero-order valence-electron chi connectivity index (χ0n) is 11.9. The number of aryl methyl sites for hydroxylation is 1. The van der Waals surface area contributed by atoms with E-state index in [1.165, 1.54) is 12.1 Å². The Morgan fingerprint density at radius 2 is 2.29 bits per heavy atom. The van der Waals surface area contributed by atoms with Crippen molar-refractivity contribution < 1.29 is 14.5 Å². The summed E-state index contributed by atoms with van der Waals surface area (Å²) in [5, 5.41) is 10.8. The van der Waals surface area contributed by atoms with Gasteiger partial charge in [-0.15, -0.1) is 11.6 Å². The highest BCUT2D eigenvalue weighted by Gasteiger charge is 2.30. The number of morpholine rings is 1. The number of hydrogen-bond donors (Lipinski definition) is 0. The van der Waals surface area contributed by atoms with E-state index in [2.05, 4.69) is 0 Å². The standard InChI is InChI=1S/C14H17ClN2O4/c1-9-5-11(3-4-13(9)17(19)20)14(18)16-7-12(6-15)21-8-10(16)2/h3-5,10,12H,6-8H2,1-2H3. The Kier molecular flexibility index (Phi) is 4.80. The number of carbonyl (C=O) groups is 1. The van der Waals surface area contributed by atoms with E-state index >= 15 is 0 Å². The summed E-state index contributed by atoms with van der Waals surface area (Å²) in [5.74, 6) is 0.175. The summed E-state index contributed by atoms with van der Waals surface area (Å²) in [4.78, 5) is 24.6. The normalized spacial score (nSPS) is 22.1. The van der Waals surface area contributed by atoms with Crippen LogP contribution in [-0.4, -0.2) is 46.9 Å². The second-order valence-electron chi connectivity index (χ2n) is 5.17. The lowest BCUT2D eigenvalue weighted by Gasteiger charge is -2.37. The van der Waals surface area contributed by atoms with E-state index in [0.29, 0.717) is 30.2 Å². The van der Waals surface area contributed by atoms with Crippen LogP contribution in [0.15, 0.2) is 18.2 Å². The first kappa shape index (κ1) is 15.7. The van der Waals surface area contributed by atoms with Crippen molar-refractivity contribution in [2.24, 2.45) is 0 Å². The average molecular weight is 313 g/mol. The van der Waals surface area contributed by atoms with Crippen LogP contribution in [0.1, 0.15) is 22.8 Å². The summed E-state index contributed by atoms with van der Waals surface area (Å²) >= 11 is 5.79. The van der Waals surface area contributed by atoms with Crippen molar-refractivity contribution in [2.75, 3.05) is 19.0 Å². The summed E-state index contributed by atoms with van der Waals surface area (Å²) in [6.07, 6.45) is -0.175. The van der Waals surface area contributed by atoms with Gasteiger partial charge in [-0.1, -0.05) is 0 Å². The Hall–Kier alpha value is -1.66. The average Bonchev–Trinajstić information content (AvgIpc) is 2.46. The minimum atomic E-state index is -0.454. The second kappa shape index (κ2) is 6.41. The fraction of sp³-hybridized carbons (Fsp3) is 0.500. The molecule has 0 saturated carbocycles. The first-order valence-corrected chi connectivity index (χ1v) is 7.21. The minimum absolute atomic E-state index is 0.0141. The number of amides is 1. The Labute approximate surface area is 127 Å². The fourth-order valence-electron chi connectivity index (χ4n) is 2.35. The highest BCUT2D eigenvalue weighted by Crippen LogP contribution is 2.22. The predicted molar refractivity (Wildman–Crippen MR) is 78.8 cm³/mol. The predicted octanol–water partition coefficient (Wildman–Crippen LogP) is 2.37. The van der Waals surface area contributed by atoms with Gasteiger partial charge < -0.3 is 9.64 Å². The van der Waals surface area contributed by atoms with Gasteiger partial charge in [0.2, 0.25) is 0 Å². The summed E-state index contributed by atoms with van der Waals surface area (Å²) < 4.78 is 5.51.